The van der Waals surface area contributed by atoms with E-state index in [-0.39, 0.29) is 12.5 Å². The molecular formula is C16H25N3O. The summed E-state index contributed by atoms with van der Waals surface area (Å²) in [5.41, 5.74) is 6.77. The van der Waals surface area contributed by atoms with Crippen LogP contribution in [0, 0.1) is 5.92 Å². The zero-order chi connectivity index (χ0) is 14.4. The van der Waals surface area contributed by atoms with Crippen LogP contribution in [0.5, 0.6) is 0 Å². The van der Waals surface area contributed by atoms with Crippen molar-refractivity contribution in [3.63, 3.8) is 0 Å². The van der Waals surface area contributed by atoms with Crippen molar-refractivity contribution in [3.05, 3.63) is 35.9 Å². The number of likely N-dealkylation sites (N-methyl/N-ethyl adjacent to an activating group) is 1. The lowest BCUT2D eigenvalue weighted by Crippen LogP contribution is -2.42. The van der Waals surface area contributed by atoms with Gasteiger partial charge in [0.2, 0.25) is 5.91 Å². The van der Waals surface area contributed by atoms with Gasteiger partial charge in [-0.1, -0.05) is 30.3 Å². The third-order valence-corrected chi connectivity index (χ3v) is 3.98. The molecule has 110 valence electrons. The number of carbonyl (C=O) groups excluding carboxylic acids is 1. The normalized spacial score (nSPS) is 19.8. The van der Waals surface area contributed by atoms with E-state index in [0.717, 1.165) is 26.2 Å². The van der Waals surface area contributed by atoms with E-state index in [1.807, 2.05) is 7.05 Å². The van der Waals surface area contributed by atoms with Crippen LogP contribution < -0.4 is 5.73 Å². The molecule has 0 spiro atoms. The number of amides is 1. The maximum atomic E-state index is 11.5. The monoisotopic (exact) mass is 275 g/mol. The molecule has 1 aliphatic heterocycles. The van der Waals surface area contributed by atoms with E-state index in [0.29, 0.717) is 5.92 Å². The minimum atomic E-state index is 0.0326. The summed E-state index contributed by atoms with van der Waals surface area (Å²) in [7, 11) is 1.85. The van der Waals surface area contributed by atoms with Crippen LogP contribution in [0.4, 0.5) is 0 Å². The first-order valence-corrected chi connectivity index (χ1v) is 7.39. The molecule has 1 aliphatic rings. The average molecular weight is 275 g/mol. The van der Waals surface area contributed by atoms with Crippen LogP contribution in [-0.2, 0) is 11.3 Å². The van der Waals surface area contributed by atoms with Crippen molar-refractivity contribution in [2.45, 2.75) is 19.4 Å². The Morgan fingerprint density at radius 1 is 1.40 bits per heavy atom. The number of piperidine rings is 1. The number of hydrogen-bond acceptors (Lipinski definition) is 3. The molecule has 1 fully saturated rings. The topological polar surface area (TPSA) is 49.6 Å². The first-order valence-electron chi connectivity index (χ1n) is 7.39. The van der Waals surface area contributed by atoms with E-state index in [9.17, 15) is 4.79 Å². The Labute approximate surface area is 121 Å². The number of rotatable bonds is 5. The molecule has 2 N–H and O–H groups in total. The highest BCUT2D eigenvalue weighted by molar-refractivity contribution is 5.77. The van der Waals surface area contributed by atoms with Crippen molar-refractivity contribution in [2.75, 3.05) is 33.2 Å². The number of nitrogens with two attached hydrogens (primary N) is 1. The molecular weight excluding hydrogens is 250 g/mol. The maximum absolute atomic E-state index is 11.5. The first-order chi connectivity index (χ1) is 9.69. The lowest BCUT2D eigenvalue weighted by molar-refractivity contribution is -0.129. The molecule has 0 aliphatic carbocycles. The second-order valence-electron chi connectivity index (χ2n) is 5.71. The molecule has 1 aromatic carbocycles. The summed E-state index contributed by atoms with van der Waals surface area (Å²) in [4.78, 5) is 15.8. The molecule has 20 heavy (non-hydrogen) atoms. The quantitative estimate of drug-likeness (QED) is 0.881. The van der Waals surface area contributed by atoms with Crippen LogP contribution in [0.3, 0.4) is 0 Å². The van der Waals surface area contributed by atoms with Crippen molar-refractivity contribution in [2.24, 2.45) is 11.7 Å². The smallest absolute Gasteiger partial charge is 0.236 e. The molecule has 2 rings (SSSR count). The van der Waals surface area contributed by atoms with E-state index < -0.39 is 0 Å². The highest BCUT2D eigenvalue weighted by Gasteiger charge is 2.22. The largest absolute Gasteiger partial charge is 0.344 e. The molecule has 0 unspecified atom stereocenters. The predicted molar refractivity (Wildman–Crippen MR) is 81.1 cm³/mol. The van der Waals surface area contributed by atoms with Crippen LogP contribution in [-0.4, -0.2) is 48.9 Å². The molecule has 1 aromatic rings. The van der Waals surface area contributed by atoms with Gasteiger partial charge in [-0.05, 0) is 30.9 Å². The molecule has 0 aromatic heterocycles. The van der Waals surface area contributed by atoms with Crippen molar-refractivity contribution in [1.82, 2.24) is 9.80 Å². The SMILES string of the molecule is CN(C[C@H]1CCCN(Cc2ccccc2)C1)C(=O)CN. The van der Waals surface area contributed by atoms with Crippen LogP contribution in [0.15, 0.2) is 30.3 Å². The zero-order valence-electron chi connectivity index (χ0n) is 12.3. The lowest BCUT2D eigenvalue weighted by atomic mass is 9.97. The first kappa shape index (κ1) is 15.0. The summed E-state index contributed by atoms with van der Waals surface area (Å²) < 4.78 is 0. The van der Waals surface area contributed by atoms with Crippen molar-refractivity contribution in [3.8, 4) is 0 Å². The Morgan fingerprint density at radius 2 is 2.15 bits per heavy atom. The number of carbonyl (C=O) groups is 1. The number of hydrogen-bond donors (Lipinski definition) is 1. The van der Waals surface area contributed by atoms with Gasteiger partial charge in [0, 0.05) is 26.7 Å². The summed E-state index contributed by atoms with van der Waals surface area (Å²) in [5, 5.41) is 0. The Morgan fingerprint density at radius 3 is 2.85 bits per heavy atom. The van der Waals surface area contributed by atoms with Crippen molar-refractivity contribution >= 4 is 5.91 Å². The third kappa shape index (κ3) is 4.32. The number of likely N-dealkylation sites (tertiary alicyclic amines) is 1. The Kier molecular flexibility index (Phi) is 5.56. The second kappa shape index (κ2) is 7.41. The van der Waals surface area contributed by atoms with Crippen LogP contribution in [0.25, 0.3) is 0 Å². The average Bonchev–Trinajstić information content (AvgIpc) is 2.47. The third-order valence-electron chi connectivity index (χ3n) is 3.98. The fourth-order valence-corrected chi connectivity index (χ4v) is 2.93. The van der Waals surface area contributed by atoms with Gasteiger partial charge in [0.05, 0.1) is 6.54 Å². The number of benzene rings is 1. The van der Waals surface area contributed by atoms with Gasteiger partial charge < -0.3 is 10.6 Å². The zero-order valence-corrected chi connectivity index (χ0v) is 12.3. The Bertz CT molecular complexity index is 421. The van der Waals surface area contributed by atoms with Gasteiger partial charge >= 0.3 is 0 Å². The Balaban J connectivity index is 1.84. The van der Waals surface area contributed by atoms with Gasteiger partial charge in [-0.25, -0.2) is 0 Å². The van der Waals surface area contributed by atoms with Crippen LogP contribution in [0.2, 0.25) is 0 Å². The molecule has 1 heterocycles. The molecule has 0 radical (unpaired) electrons. The van der Waals surface area contributed by atoms with E-state index in [2.05, 4.69) is 35.2 Å². The van der Waals surface area contributed by atoms with E-state index in [1.54, 1.807) is 4.90 Å². The van der Waals surface area contributed by atoms with Crippen LogP contribution in [0.1, 0.15) is 18.4 Å². The fraction of sp³-hybridized carbons (Fsp3) is 0.562. The molecule has 1 saturated heterocycles. The van der Waals surface area contributed by atoms with Crippen LogP contribution >= 0.6 is 0 Å². The van der Waals surface area contributed by atoms with Gasteiger partial charge in [-0.15, -0.1) is 0 Å². The number of nitrogens with zero attached hydrogens (tertiary/aromatic N) is 2. The second-order valence-corrected chi connectivity index (χ2v) is 5.71. The lowest BCUT2D eigenvalue weighted by Gasteiger charge is -2.34. The molecule has 1 amide bonds. The minimum absolute atomic E-state index is 0.0326. The maximum Gasteiger partial charge on any atom is 0.236 e. The summed E-state index contributed by atoms with van der Waals surface area (Å²) in [6.07, 6.45) is 2.41. The van der Waals surface area contributed by atoms with Gasteiger partial charge in [0.25, 0.3) is 0 Å². The standard InChI is InChI=1S/C16H25N3O/c1-18(16(20)10-17)11-15-8-5-9-19(13-15)12-14-6-3-2-4-7-14/h2-4,6-7,15H,5,8-13,17H2,1H3/t15-/m1/s1. The van der Waals surface area contributed by atoms with Gasteiger partial charge in [0.1, 0.15) is 0 Å². The fourth-order valence-electron chi connectivity index (χ4n) is 2.93. The van der Waals surface area contributed by atoms with E-state index in [4.69, 9.17) is 5.73 Å². The molecule has 0 bridgehead atoms. The van der Waals surface area contributed by atoms with Gasteiger partial charge in [0.15, 0.2) is 0 Å². The molecule has 1 atom stereocenters. The molecule has 4 heteroatoms. The summed E-state index contributed by atoms with van der Waals surface area (Å²) >= 11 is 0. The van der Waals surface area contributed by atoms with Crippen molar-refractivity contribution in [1.29, 1.82) is 0 Å². The summed E-state index contributed by atoms with van der Waals surface area (Å²) in [5.74, 6) is 0.596. The summed E-state index contributed by atoms with van der Waals surface area (Å²) in [6.45, 7) is 4.15. The van der Waals surface area contributed by atoms with Crippen molar-refractivity contribution < 1.29 is 4.79 Å². The van der Waals surface area contributed by atoms with Gasteiger partial charge in [-0.2, -0.15) is 0 Å². The Hall–Kier alpha value is -1.39. The highest BCUT2D eigenvalue weighted by Crippen LogP contribution is 2.19. The molecule has 4 nitrogen and oxygen atoms in total. The van der Waals surface area contributed by atoms with E-state index in [1.165, 1.54) is 18.4 Å². The van der Waals surface area contributed by atoms with E-state index >= 15 is 0 Å². The minimum Gasteiger partial charge on any atom is -0.344 e. The molecule has 0 saturated carbocycles. The predicted octanol–water partition coefficient (Wildman–Crippen LogP) is 1.32. The van der Waals surface area contributed by atoms with Gasteiger partial charge in [-0.3, -0.25) is 9.69 Å². The summed E-state index contributed by atoms with van der Waals surface area (Å²) in [6, 6.07) is 10.6. The highest BCUT2D eigenvalue weighted by atomic mass is 16.2.